The van der Waals surface area contributed by atoms with Crippen LogP contribution in [0.1, 0.15) is 13.8 Å². The number of phenols is 3. The second kappa shape index (κ2) is 12.8. The minimum Gasteiger partial charge on any atom is -0.508 e. The molecule has 0 atom stereocenters. The monoisotopic (exact) mass is 412 g/mol. The average Bonchev–Trinajstić information content (AvgIpc) is 2.58. The Morgan fingerprint density at radius 3 is 1.40 bits per heavy atom. The number of halogens is 1. The summed E-state index contributed by atoms with van der Waals surface area (Å²) in [5, 5.41) is 26.7. The van der Waals surface area contributed by atoms with E-state index in [1.54, 1.807) is 12.1 Å². The number of alkyl halides is 1. The molecule has 0 bridgehead atoms. The lowest BCUT2D eigenvalue weighted by atomic mass is 10.3. The highest BCUT2D eigenvalue weighted by atomic mass is 79.9. The Morgan fingerprint density at radius 2 is 1.12 bits per heavy atom. The maximum Gasteiger partial charge on any atom is 0.167 e. The fourth-order valence-electron chi connectivity index (χ4n) is 1.18. The summed E-state index contributed by atoms with van der Waals surface area (Å²) in [6.45, 7) is 3.07. The number of hydrogen-bond acceptors (Lipinski definition) is 6. The second-order valence-corrected chi connectivity index (χ2v) is 5.40. The summed E-state index contributed by atoms with van der Waals surface area (Å²) >= 11 is 2.96. The van der Waals surface area contributed by atoms with Crippen molar-refractivity contribution in [1.82, 2.24) is 0 Å². The molecule has 6 nitrogen and oxygen atoms in total. The number of hydrogen-bond donors (Lipinski definition) is 3. The molecule has 0 saturated heterocycles. The molecule has 0 amide bonds. The van der Waals surface area contributed by atoms with Crippen LogP contribution in [-0.2, 0) is 9.59 Å². The van der Waals surface area contributed by atoms with Crippen molar-refractivity contribution in [3.8, 4) is 23.0 Å². The SMILES string of the molecule is CC(=O)CBr.CC(=O)COc1ccc(O)cc1.Oc1ccc(O)cc1. The van der Waals surface area contributed by atoms with Crippen molar-refractivity contribution in [2.24, 2.45) is 0 Å². The van der Waals surface area contributed by atoms with E-state index in [4.69, 9.17) is 20.1 Å². The van der Waals surface area contributed by atoms with Gasteiger partial charge in [-0.05, 0) is 62.4 Å². The van der Waals surface area contributed by atoms with Crippen LogP contribution >= 0.6 is 15.9 Å². The van der Waals surface area contributed by atoms with Gasteiger partial charge in [0.2, 0.25) is 0 Å². The molecule has 2 aromatic carbocycles. The zero-order valence-corrected chi connectivity index (χ0v) is 15.6. The van der Waals surface area contributed by atoms with E-state index in [1.807, 2.05) is 0 Å². The Kier molecular flexibility index (Phi) is 11.5. The van der Waals surface area contributed by atoms with E-state index in [9.17, 15) is 9.59 Å². The highest BCUT2D eigenvalue weighted by Gasteiger charge is 1.95. The molecule has 2 aromatic rings. The quantitative estimate of drug-likeness (QED) is 0.524. The number of carbonyl (C=O) groups is 2. The third-order valence-electron chi connectivity index (χ3n) is 2.32. The predicted molar refractivity (Wildman–Crippen MR) is 98.5 cm³/mol. The van der Waals surface area contributed by atoms with E-state index in [2.05, 4.69) is 15.9 Å². The van der Waals surface area contributed by atoms with Gasteiger partial charge in [-0.2, -0.15) is 0 Å². The number of carbonyl (C=O) groups excluding carboxylic acids is 2. The van der Waals surface area contributed by atoms with Gasteiger partial charge in [-0.25, -0.2) is 0 Å². The number of benzene rings is 2. The van der Waals surface area contributed by atoms with Crippen LogP contribution in [0.4, 0.5) is 0 Å². The summed E-state index contributed by atoms with van der Waals surface area (Å²) in [7, 11) is 0. The molecule has 7 heteroatoms. The third kappa shape index (κ3) is 13.6. The van der Waals surface area contributed by atoms with E-state index >= 15 is 0 Å². The van der Waals surface area contributed by atoms with Crippen molar-refractivity contribution in [3.63, 3.8) is 0 Å². The minimum absolute atomic E-state index is 0.0249. The fourth-order valence-corrected chi connectivity index (χ4v) is 1.18. The zero-order valence-electron chi connectivity index (χ0n) is 14.0. The third-order valence-corrected chi connectivity index (χ3v) is 3.11. The van der Waals surface area contributed by atoms with Crippen molar-refractivity contribution in [2.75, 3.05) is 11.9 Å². The number of phenolic OH excluding ortho intramolecular Hbond substituents is 3. The molecule has 0 fully saturated rings. The lowest BCUT2D eigenvalue weighted by molar-refractivity contribution is -0.119. The molecule has 0 unspecified atom stereocenters. The first-order valence-corrected chi connectivity index (χ1v) is 8.31. The first-order chi connectivity index (χ1) is 11.7. The largest absolute Gasteiger partial charge is 0.508 e. The summed E-state index contributed by atoms with van der Waals surface area (Å²) in [5.41, 5.74) is 0. The second-order valence-electron chi connectivity index (χ2n) is 4.84. The van der Waals surface area contributed by atoms with Gasteiger partial charge in [0, 0.05) is 0 Å². The molecule has 0 aliphatic heterocycles. The van der Waals surface area contributed by atoms with Crippen LogP contribution in [0.2, 0.25) is 0 Å². The first kappa shape index (κ1) is 22.5. The maximum absolute atomic E-state index is 10.5. The molecule has 25 heavy (non-hydrogen) atoms. The Balaban J connectivity index is 0.000000382. The van der Waals surface area contributed by atoms with Gasteiger partial charge in [-0.1, -0.05) is 15.9 Å². The highest BCUT2D eigenvalue weighted by Crippen LogP contribution is 2.15. The van der Waals surface area contributed by atoms with Crippen LogP contribution in [0.3, 0.4) is 0 Å². The average molecular weight is 413 g/mol. The van der Waals surface area contributed by atoms with E-state index < -0.39 is 0 Å². The molecule has 0 radical (unpaired) electrons. The lowest BCUT2D eigenvalue weighted by Gasteiger charge is -2.02. The van der Waals surface area contributed by atoms with Crippen LogP contribution in [0, 0.1) is 0 Å². The minimum atomic E-state index is -0.0249. The van der Waals surface area contributed by atoms with Crippen LogP contribution in [0.5, 0.6) is 23.0 Å². The Hall–Kier alpha value is -2.54. The molecular weight excluding hydrogens is 392 g/mol. The molecule has 3 N–H and O–H groups in total. The number of rotatable bonds is 4. The summed E-state index contributed by atoms with van der Waals surface area (Å²) in [6, 6.07) is 11.9. The van der Waals surface area contributed by atoms with Gasteiger partial charge < -0.3 is 20.1 Å². The molecule has 136 valence electrons. The van der Waals surface area contributed by atoms with Crippen molar-refractivity contribution in [3.05, 3.63) is 48.5 Å². The van der Waals surface area contributed by atoms with Crippen LogP contribution in [0.15, 0.2) is 48.5 Å². The molecule has 0 aliphatic carbocycles. The lowest BCUT2D eigenvalue weighted by Crippen LogP contribution is -2.06. The van der Waals surface area contributed by atoms with Gasteiger partial charge in [-0.3, -0.25) is 9.59 Å². The number of aromatic hydroxyl groups is 3. The Labute approximate surface area is 154 Å². The predicted octanol–water partition coefficient (Wildman–Crippen LogP) is 3.43. The maximum atomic E-state index is 10.5. The van der Waals surface area contributed by atoms with Gasteiger partial charge >= 0.3 is 0 Å². The molecular formula is C18H21BrO6. The standard InChI is InChI=1S/C9H10O3.C6H6O2.C3H5BrO/c1-7(10)6-12-9-4-2-8(11)3-5-9;7-5-1-2-6(8)4-3-5;1-3(5)2-4/h2-5,11H,6H2,1H3;1-4,7-8H;2H2,1H3. The highest BCUT2D eigenvalue weighted by molar-refractivity contribution is 9.09. The summed E-state index contributed by atoms with van der Waals surface area (Å²) in [6.07, 6.45) is 0. The van der Waals surface area contributed by atoms with Gasteiger partial charge in [0.15, 0.2) is 5.78 Å². The first-order valence-electron chi connectivity index (χ1n) is 7.19. The van der Waals surface area contributed by atoms with E-state index in [-0.39, 0.29) is 35.4 Å². The summed E-state index contributed by atoms with van der Waals surface area (Å²) < 4.78 is 5.06. The Bertz CT molecular complexity index is 617. The zero-order chi connectivity index (χ0) is 19.2. The number of Topliss-reactive ketones (excluding diaryl/α,β-unsaturated/α-hetero) is 2. The van der Waals surface area contributed by atoms with Crippen LogP contribution < -0.4 is 4.74 Å². The molecule has 0 saturated carbocycles. The normalized spacial score (nSPS) is 8.92. The van der Waals surface area contributed by atoms with Crippen molar-refractivity contribution in [2.45, 2.75) is 13.8 Å². The van der Waals surface area contributed by atoms with Crippen LogP contribution in [-0.4, -0.2) is 38.8 Å². The van der Waals surface area contributed by atoms with Gasteiger partial charge in [0.25, 0.3) is 0 Å². The summed E-state index contributed by atoms with van der Waals surface area (Å²) in [5.74, 6) is 1.26. The number of ketones is 2. The van der Waals surface area contributed by atoms with E-state index in [0.29, 0.717) is 11.1 Å². The molecule has 0 heterocycles. The van der Waals surface area contributed by atoms with Crippen molar-refractivity contribution in [1.29, 1.82) is 0 Å². The molecule has 0 aromatic heterocycles. The molecule has 2 rings (SSSR count). The Morgan fingerprint density at radius 1 is 0.800 bits per heavy atom. The fraction of sp³-hybridized carbons (Fsp3) is 0.222. The smallest absolute Gasteiger partial charge is 0.167 e. The van der Waals surface area contributed by atoms with Gasteiger partial charge in [0.05, 0.1) is 5.33 Å². The van der Waals surface area contributed by atoms with E-state index in [1.165, 1.54) is 50.2 Å². The van der Waals surface area contributed by atoms with E-state index in [0.717, 1.165) is 0 Å². The summed E-state index contributed by atoms with van der Waals surface area (Å²) in [4.78, 5) is 20.3. The van der Waals surface area contributed by atoms with Crippen LogP contribution in [0.25, 0.3) is 0 Å². The number of ether oxygens (including phenoxy) is 1. The van der Waals surface area contributed by atoms with Gasteiger partial charge in [-0.15, -0.1) is 0 Å². The van der Waals surface area contributed by atoms with Crippen molar-refractivity contribution < 1.29 is 29.6 Å². The van der Waals surface area contributed by atoms with Crippen molar-refractivity contribution >= 4 is 27.5 Å². The topological polar surface area (TPSA) is 104 Å². The molecule has 0 aliphatic rings. The van der Waals surface area contributed by atoms with Gasteiger partial charge in [0.1, 0.15) is 35.4 Å². The molecule has 0 spiro atoms.